The van der Waals surface area contributed by atoms with Crippen molar-refractivity contribution in [2.24, 2.45) is 0 Å². The summed E-state index contributed by atoms with van der Waals surface area (Å²) in [6.45, 7) is 4.54. The summed E-state index contributed by atoms with van der Waals surface area (Å²) in [4.78, 5) is 26.8. The zero-order valence-electron chi connectivity index (χ0n) is 15.1. The molecule has 4 heteroatoms. The summed E-state index contributed by atoms with van der Waals surface area (Å²) >= 11 is 0. The van der Waals surface area contributed by atoms with Gasteiger partial charge in [-0.2, -0.15) is 0 Å². The molecule has 25 heavy (non-hydrogen) atoms. The Morgan fingerprint density at radius 2 is 1.72 bits per heavy atom. The number of carbonyl (C=O) groups excluding carboxylic acids is 2. The third-order valence-corrected chi connectivity index (χ3v) is 4.10. The minimum atomic E-state index is -0.0457. The number of hydrogen-bond acceptors (Lipinski definition) is 3. The maximum Gasteiger partial charge on any atom is 0.223 e. The van der Waals surface area contributed by atoms with E-state index in [2.05, 4.69) is 0 Å². The molecule has 4 nitrogen and oxygen atoms in total. The van der Waals surface area contributed by atoms with Crippen LogP contribution in [0.25, 0.3) is 0 Å². The van der Waals surface area contributed by atoms with Gasteiger partial charge in [0.2, 0.25) is 5.91 Å². The molecule has 0 aliphatic heterocycles. The second kappa shape index (κ2) is 9.02. The lowest BCUT2D eigenvalue weighted by Crippen LogP contribution is -2.36. The van der Waals surface area contributed by atoms with Gasteiger partial charge in [0.05, 0.1) is 7.11 Å². The van der Waals surface area contributed by atoms with E-state index in [0.717, 1.165) is 5.56 Å². The molecule has 1 amide bonds. The molecule has 0 bridgehead atoms. The van der Waals surface area contributed by atoms with Crippen LogP contribution >= 0.6 is 0 Å². The van der Waals surface area contributed by atoms with Gasteiger partial charge in [-0.15, -0.1) is 0 Å². The van der Waals surface area contributed by atoms with Crippen LogP contribution < -0.4 is 4.74 Å². The molecule has 0 aliphatic rings. The smallest absolute Gasteiger partial charge is 0.223 e. The van der Waals surface area contributed by atoms with E-state index in [-0.39, 0.29) is 30.6 Å². The van der Waals surface area contributed by atoms with Gasteiger partial charge in [-0.05, 0) is 31.5 Å². The van der Waals surface area contributed by atoms with Crippen molar-refractivity contribution in [3.8, 4) is 5.75 Å². The quantitative estimate of drug-likeness (QED) is 0.680. The topological polar surface area (TPSA) is 46.6 Å². The Morgan fingerprint density at radius 1 is 1.00 bits per heavy atom. The number of amides is 1. The first kappa shape index (κ1) is 18.7. The minimum absolute atomic E-state index is 0.00454. The first-order chi connectivity index (χ1) is 12.0. The molecule has 0 spiro atoms. The zero-order valence-corrected chi connectivity index (χ0v) is 15.1. The number of methoxy groups -OCH3 is 1. The number of Topliss-reactive ketones (excluding diaryl/α,β-unsaturated/α-hetero) is 1. The molecule has 0 aliphatic carbocycles. The molecule has 0 N–H and O–H groups in total. The van der Waals surface area contributed by atoms with Gasteiger partial charge < -0.3 is 9.64 Å². The van der Waals surface area contributed by atoms with Gasteiger partial charge in [-0.3, -0.25) is 9.59 Å². The van der Waals surface area contributed by atoms with Crippen LogP contribution in [0.4, 0.5) is 0 Å². The highest BCUT2D eigenvalue weighted by molar-refractivity contribution is 5.98. The Bertz CT molecular complexity index is 710. The zero-order chi connectivity index (χ0) is 18.2. The lowest BCUT2D eigenvalue weighted by molar-refractivity contribution is -0.133. The van der Waals surface area contributed by atoms with Crippen molar-refractivity contribution >= 4 is 11.7 Å². The minimum Gasteiger partial charge on any atom is -0.497 e. The van der Waals surface area contributed by atoms with Gasteiger partial charge in [-0.1, -0.05) is 42.5 Å². The predicted octanol–water partition coefficient (Wildman–Crippen LogP) is 4.10. The highest BCUT2D eigenvalue weighted by Crippen LogP contribution is 2.16. The fourth-order valence-electron chi connectivity index (χ4n) is 2.64. The van der Waals surface area contributed by atoms with Crippen molar-refractivity contribution in [3.05, 3.63) is 65.7 Å². The van der Waals surface area contributed by atoms with Gasteiger partial charge in [-0.25, -0.2) is 0 Å². The van der Waals surface area contributed by atoms with Crippen LogP contribution in [0.15, 0.2) is 54.6 Å². The SMILES string of the molecule is COc1cccc(C(=O)CCC(=O)N(Cc2ccccc2)C(C)C)c1. The number of benzene rings is 2. The maximum absolute atomic E-state index is 12.6. The van der Waals surface area contributed by atoms with Gasteiger partial charge in [0.25, 0.3) is 0 Å². The molecule has 0 fully saturated rings. The average Bonchev–Trinajstić information content (AvgIpc) is 2.64. The Hall–Kier alpha value is -2.62. The highest BCUT2D eigenvalue weighted by atomic mass is 16.5. The summed E-state index contributed by atoms with van der Waals surface area (Å²) in [6.07, 6.45) is 0.408. The maximum atomic E-state index is 12.6. The van der Waals surface area contributed by atoms with Crippen molar-refractivity contribution in [1.82, 2.24) is 4.90 Å². The van der Waals surface area contributed by atoms with E-state index < -0.39 is 0 Å². The van der Waals surface area contributed by atoms with E-state index in [9.17, 15) is 9.59 Å². The van der Waals surface area contributed by atoms with E-state index >= 15 is 0 Å². The number of hydrogen-bond donors (Lipinski definition) is 0. The molecule has 2 aromatic carbocycles. The lowest BCUT2D eigenvalue weighted by atomic mass is 10.1. The van der Waals surface area contributed by atoms with Crippen LogP contribution in [-0.4, -0.2) is 29.7 Å². The summed E-state index contributed by atoms with van der Waals surface area (Å²) in [5.74, 6) is 0.593. The van der Waals surface area contributed by atoms with Crippen LogP contribution in [0.3, 0.4) is 0 Å². The fraction of sp³-hybridized carbons (Fsp3) is 0.333. The molecular weight excluding hydrogens is 314 g/mol. The van der Waals surface area contributed by atoms with Crippen LogP contribution in [0, 0.1) is 0 Å². The third kappa shape index (κ3) is 5.45. The van der Waals surface area contributed by atoms with Gasteiger partial charge in [0.15, 0.2) is 5.78 Å². The number of carbonyl (C=O) groups is 2. The summed E-state index contributed by atoms with van der Waals surface area (Å²) < 4.78 is 5.14. The Morgan fingerprint density at radius 3 is 2.36 bits per heavy atom. The average molecular weight is 339 g/mol. The second-order valence-electron chi connectivity index (χ2n) is 6.26. The molecule has 0 saturated heterocycles. The molecule has 0 heterocycles. The van der Waals surface area contributed by atoms with Crippen molar-refractivity contribution in [3.63, 3.8) is 0 Å². The Labute approximate surface area is 149 Å². The Kier molecular flexibility index (Phi) is 6.75. The molecule has 132 valence electrons. The van der Waals surface area contributed by atoms with Crippen LogP contribution in [0.1, 0.15) is 42.6 Å². The molecule has 0 aromatic heterocycles. The van der Waals surface area contributed by atoms with Crippen LogP contribution in [-0.2, 0) is 11.3 Å². The first-order valence-electron chi connectivity index (χ1n) is 8.52. The number of ketones is 1. The van der Waals surface area contributed by atoms with E-state index in [4.69, 9.17) is 4.74 Å². The number of rotatable bonds is 8. The van der Waals surface area contributed by atoms with Crippen LogP contribution in [0.5, 0.6) is 5.75 Å². The van der Waals surface area contributed by atoms with Crippen LogP contribution in [0.2, 0.25) is 0 Å². The first-order valence-corrected chi connectivity index (χ1v) is 8.52. The molecule has 0 radical (unpaired) electrons. The lowest BCUT2D eigenvalue weighted by Gasteiger charge is -2.27. The van der Waals surface area contributed by atoms with Crippen molar-refractivity contribution in [2.45, 2.75) is 39.3 Å². The monoisotopic (exact) mass is 339 g/mol. The Balaban J connectivity index is 1.97. The number of nitrogens with zero attached hydrogens (tertiary/aromatic N) is 1. The van der Waals surface area contributed by atoms with E-state index in [1.165, 1.54) is 0 Å². The summed E-state index contributed by atoms with van der Waals surface area (Å²) in [7, 11) is 1.57. The summed E-state index contributed by atoms with van der Waals surface area (Å²) in [5, 5.41) is 0. The third-order valence-electron chi connectivity index (χ3n) is 4.10. The molecule has 0 saturated carbocycles. The van der Waals surface area contributed by atoms with E-state index in [1.54, 1.807) is 31.4 Å². The highest BCUT2D eigenvalue weighted by Gasteiger charge is 2.19. The standard InChI is InChI=1S/C21H25NO3/c1-16(2)22(15-17-8-5-4-6-9-17)21(24)13-12-20(23)18-10-7-11-19(14-18)25-3/h4-11,14,16H,12-13,15H2,1-3H3. The van der Waals surface area contributed by atoms with Crippen molar-refractivity contribution in [2.75, 3.05) is 7.11 Å². The van der Waals surface area contributed by atoms with Crippen molar-refractivity contribution in [1.29, 1.82) is 0 Å². The fourth-order valence-corrected chi connectivity index (χ4v) is 2.64. The van der Waals surface area contributed by atoms with Gasteiger partial charge >= 0.3 is 0 Å². The summed E-state index contributed by atoms with van der Waals surface area (Å²) in [6, 6.07) is 17.0. The normalized spacial score (nSPS) is 10.6. The molecular formula is C21H25NO3. The number of ether oxygens (including phenoxy) is 1. The summed E-state index contributed by atoms with van der Waals surface area (Å²) in [5.41, 5.74) is 1.66. The largest absolute Gasteiger partial charge is 0.497 e. The van der Waals surface area contributed by atoms with E-state index in [0.29, 0.717) is 17.9 Å². The second-order valence-corrected chi connectivity index (χ2v) is 6.26. The van der Waals surface area contributed by atoms with Gasteiger partial charge in [0.1, 0.15) is 5.75 Å². The van der Waals surface area contributed by atoms with Crippen molar-refractivity contribution < 1.29 is 14.3 Å². The predicted molar refractivity (Wildman–Crippen MR) is 98.7 cm³/mol. The van der Waals surface area contributed by atoms with E-state index in [1.807, 2.05) is 49.1 Å². The molecule has 0 atom stereocenters. The van der Waals surface area contributed by atoms with Gasteiger partial charge in [0, 0.05) is 31.0 Å². The molecule has 2 aromatic rings. The molecule has 2 rings (SSSR count). The molecule has 0 unspecified atom stereocenters.